The fraction of sp³-hybridized carbons (Fsp3) is 0.370. The highest BCUT2D eigenvalue weighted by atomic mass is 16.6. The minimum absolute atomic E-state index is 0.0468. The Balaban J connectivity index is 1.38. The summed E-state index contributed by atoms with van der Waals surface area (Å²) in [5.74, 6) is -1.55. The SMILES string of the molecule is CCOC(=O)N1CCN(C(=O)c2ccccc2NC(=O)C2CC(=O)N(c3ccc(NC(C)=O)cc3)C2)CC1. The second kappa shape index (κ2) is 11.8. The van der Waals surface area contributed by atoms with E-state index in [0.717, 1.165) is 0 Å². The first-order valence-electron chi connectivity index (χ1n) is 12.6. The molecule has 0 saturated carbocycles. The Labute approximate surface area is 220 Å². The highest BCUT2D eigenvalue weighted by molar-refractivity contribution is 6.07. The molecule has 2 aliphatic rings. The number of hydrogen-bond donors (Lipinski definition) is 2. The third-order valence-corrected chi connectivity index (χ3v) is 6.50. The van der Waals surface area contributed by atoms with E-state index < -0.39 is 12.0 Å². The van der Waals surface area contributed by atoms with Gasteiger partial charge in [0.25, 0.3) is 5.91 Å². The molecular formula is C27H31N5O6. The van der Waals surface area contributed by atoms with Gasteiger partial charge in [-0.1, -0.05) is 12.1 Å². The van der Waals surface area contributed by atoms with Crippen molar-refractivity contribution < 1.29 is 28.7 Å². The van der Waals surface area contributed by atoms with Crippen LogP contribution < -0.4 is 15.5 Å². The molecule has 2 saturated heterocycles. The van der Waals surface area contributed by atoms with Crippen LogP contribution in [-0.2, 0) is 19.1 Å². The molecule has 0 spiro atoms. The molecule has 0 bridgehead atoms. The van der Waals surface area contributed by atoms with Crippen LogP contribution in [-0.4, -0.2) is 78.9 Å². The highest BCUT2D eigenvalue weighted by Gasteiger charge is 2.36. The molecule has 2 heterocycles. The zero-order valence-corrected chi connectivity index (χ0v) is 21.4. The van der Waals surface area contributed by atoms with E-state index in [1.807, 2.05) is 0 Å². The largest absolute Gasteiger partial charge is 0.450 e. The lowest BCUT2D eigenvalue weighted by molar-refractivity contribution is -0.122. The predicted octanol–water partition coefficient (Wildman–Crippen LogP) is 2.55. The maximum Gasteiger partial charge on any atom is 0.409 e. The Kier molecular flexibility index (Phi) is 8.25. The summed E-state index contributed by atoms with van der Waals surface area (Å²) >= 11 is 0. The monoisotopic (exact) mass is 521 g/mol. The van der Waals surface area contributed by atoms with Crippen molar-refractivity contribution in [3.63, 3.8) is 0 Å². The first-order chi connectivity index (χ1) is 18.3. The van der Waals surface area contributed by atoms with E-state index in [1.165, 1.54) is 6.92 Å². The van der Waals surface area contributed by atoms with Gasteiger partial charge < -0.3 is 30.1 Å². The van der Waals surface area contributed by atoms with Crippen LogP contribution in [0.1, 0.15) is 30.6 Å². The number of hydrogen-bond acceptors (Lipinski definition) is 6. The van der Waals surface area contributed by atoms with Gasteiger partial charge in [-0.15, -0.1) is 0 Å². The van der Waals surface area contributed by atoms with Crippen molar-refractivity contribution in [2.24, 2.45) is 5.92 Å². The quantitative estimate of drug-likeness (QED) is 0.601. The number of carbonyl (C=O) groups excluding carboxylic acids is 5. The van der Waals surface area contributed by atoms with Gasteiger partial charge in [-0.2, -0.15) is 0 Å². The summed E-state index contributed by atoms with van der Waals surface area (Å²) in [5.41, 5.74) is 1.98. The van der Waals surface area contributed by atoms with Gasteiger partial charge in [0.1, 0.15) is 0 Å². The van der Waals surface area contributed by atoms with Crippen molar-refractivity contribution in [1.29, 1.82) is 0 Å². The number of nitrogens with one attached hydrogen (secondary N) is 2. The van der Waals surface area contributed by atoms with Crippen molar-refractivity contribution in [1.82, 2.24) is 9.80 Å². The van der Waals surface area contributed by atoms with Gasteiger partial charge in [-0.25, -0.2) is 4.79 Å². The molecule has 1 unspecified atom stereocenters. The number of carbonyl (C=O) groups is 5. The van der Waals surface area contributed by atoms with Crippen LogP contribution in [0.4, 0.5) is 21.9 Å². The van der Waals surface area contributed by atoms with Crippen molar-refractivity contribution in [2.75, 3.05) is 54.9 Å². The molecule has 1 atom stereocenters. The standard InChI is InChI=1S/C27H31N5O6/c1-3-38-27(37)31-14-12-30(13-15-31)26(36)22-6-4-5-7-23(22)29-25(35)19-16-24(34)32(17-19)21-10-8-20(9-11-21)28-18(2)33/h4-11,19H,3,12-17H2,1-2H3,(H,28,33)(H,29,35). The predicted molar refractivity (Wildman–Crippen MR) is 141 cm³/mol. The lowest BCUT2D eigenvalue weighted by Gasteiger charge is -2.34. The first kappa shape index (κ1) is 26.6. The van der Waals surface area contributed by atoms with Crippen LogP contribution in [0, 0.1) is 5.92 Å². The van der Waals surface area contributed by atoms with Gasteiger partial charge in [-0.3, -0.25) is 19.2 Å². The normalized spacial score (nSPS) is 17.3. The summed E-state index contributed by atoms with van der Waals surface area (Å²) in [6, 6.07) is 13.6. The smallest absolute Gasteiger partial charge is 0.409 e. The fourth-order valence-corrected chi connectivity index (χ4v) is 4.55. The summed E-state index contributed by atoms with van der Waals surface area (Å²) < 4.78 is 5.03. The Hall–Kier alpha value is -4.41. The number of para-hydroxylation sites is 1. The highest BCUT2D eigenvalue weighted by Crippen LogP contribution is 2.28. The molecule has 2 fully saturated rings. The van der Waals surface area contributed by atoms with Gasteiger partial charge in [0.15, 0.2) is 0 Å². The van der Waals surface area contributed by atoms with Crippen molar-refractivity contribution >= 4 is 46.8 Å². The molecule has 4 rings (SSSR count). The third kappa shape index (κ3) is 6.10. The van der Waals surface area contributed by atoms with E-state index >= 15 is 0 Å². The first-order valence-corrected chi connectivity index (χ1v) is 12.6. The number of amides is 5. The summed E-state index contributed by atoms with van der Waals surface area (Å²) in [6.07, 6.45) is -0.346. The van der Waals surface area contributed by atoms with Crippen LogP contribution in [0.5, 0.6) is 0 Å². The van der Waals surface area contributed by atoms with Gasteiger partial charge in [0.2, 0.25) is 17.7 Å². The van der Waals surface area contributed by atoms with Crippen LogP contribution in [0.25, 0.3) is 0 Å². The number of benzene rings is 2. The van der Waals surface area contributed by atoms with Crippen molar-refractivity contribution in [3.8, 4) is 0 Å². The number of nitrogens with zero attached hydrogens (tertiary/aromatic N) is 3. The summed E-state index contributed by atoms with van der Waals surface area (Å²) in [5, 5.41) is 5.52. The molecule has 2 N–H and O–H groups in total. The number of rotatable bonds is 6. The Morgan fingerprint density at radius 3 is 2.24 bits per heavy atom. The maximum absolute atomic E-state index is 13.3. The average Bonchev–Trinajstić information content (AvgIpc) is 3.30. The molecule has 0 aliphatic carbocycles. The summed E-state index contributed by atoms with van der Waals surface area (Å²) in [6.45, 7) is 5.10. The van der Waals surface area contributed by atoms with E-state index in [-0.39, 0.29) is 36.6 Å². The molecule has 2 aliphatic heterocycles. The number of anilines is 3. The molecule has 0 radical (unpaired) electrons. The molecule has 11 nitrogen and oxygen atoms in total. The van der Waals surface area contributed by atoms with Gasteiger partial charge >= 0.3 is 6.09 Å². The van der Waals surface area contributed by atoms with Gasteiger partial charge in [0, 0.05) is 57.4 Å². The average molecular weight is 522 g/mol. The molecule has 5 amide bonds. The molecule has 2 aromatic rings. The van der Waals surface area contributed by atoms with E-state index in [9.17, 15) is 24.0 Å². The lowest BCUT2D eigenvalue weighted by Crippen LogP contribution is -2.50. The van der Waals surface area contributed by atoms with Crippen molar-refractivity contribution in [2.45, 2.75) is 20.3 Å². The van der Waals surface area contributed by atoms with E-state index in [2.05, 4.69) is 10.6 Å². The van der Waals surface area contributed by atoms with Crippen LogP contribution >= 0.6 is 0 Å². The zero-order chi connectivity index (χ0) is 27.2. The fourth-order valence-electron chi connectivity index (χ4n) is 4.55. The summed E-state index contributed by atoms with van der Waals surface area (Å²) in [4.78, 5) is 67.0. The number of piperazine rings is 1. The van der Waals surface area contributed by atoms with Gasteiger partial charge in [0.05, 0.1) is 23.8 Å². The third-order valence-electron chi connectivity index (χ3n) is 6.50. The molecule has 0 aromatic heterocycles. The summed E-state index contributed by atoms with van der Waals surface area (Å²) in [7, 11) is 0. The van der Waals surface area contributed by atoms with Crippen molar-refractivity contribution in [3.05, 3.63) is 54.1 Å². The minimum atomic E-state index is -0.589. The van der Waals surface area contributed by atoms with E-state index in [1.54, 1.807) is 70.2 Å². The van der Waals surface area contributed by atoms with Crippen LogP contribution in [0.2, 0.25) is 0 Å². The van der Waals surface area contributed by atoms with E-state index in [0.29, 0.717) is 55.4 Å². The molecular weight excluding hydrogens is 490 g/mol. The minimum Gasteiger partial charge on any atom is -0.450 e. The number of ether oxygens (including phenoxy) is 1. The Bertz CT molecular complexity index is 1220. The lowest BCUT2D eigenvalue weighted by atomic mass is 10.1. The molecule has 38 heavy (non-hydrogen) atoms. The van der Waals surface area contributed by atoms with Crippen LogP contribution in [0.15, 0.2) is 48.5 Å². The zero-order valence-electron chi connectivity index (χ0n) is 21.4. The molecule has 200 valence electrons. The van der Waals surface area contributed by atoms with Crippen LogP contribution in [0.3, 0.4) is 0 Å². The second-order valence-electron chi connectivity index (χ2n) is 9.15. The molecule has 2 aromatic carbocycles. The topological polar surface area (TPSA) is 128 Å². The van der Waals surface area contributed by atoms with Gasteiger partial charge in [-0.05, 0) is 43.3 Å². The Morgan fingerprint density at radius 2 is 1.58 bits per heavy atom. The molecule has 11 heteroatoms. The Morgan fingerprint density at radius 1 is 0.921 bits per heavy atom. The maximum atomic E-state index is 13.3. The second-order valence-corrected chi connectivity index (χ2v) is 9.15. The van der Waals surface area contributed by atoms with E-state index in [4.69, 9.17) is 4.74 Å².